The number of nitrogens with zero attached hydrogens (tertiary/aromatic N) is 1. The molecule has 0 spiro atoms. The van der Waals surface area contributed by atoms with Crippen LogP contribution in [0.4, 0.5) is 13.2 Å². The molecule has 0 saturated carbocycles. The molecule has 2 aromatic rings. The third kappa shape index (κ3) is 6.14. The normalized spacial score (nSPS) is 17.2. The molecular weight excluding hydrogens is 399 g/mol. The van der Waals surface area contributed by atoms with Gasteiger partial charge in [-0.1, -0.05) is 42.2 Å². The number of halogens is 3. The molecule has 2 aromatic carbocycles. The number of rotatable bonds is 3. The summed E-state index contributed by atoms with van der Waals surface area (Å²) in [6, 6.07) is 10.1. The van der Waals surface area contributed by atoms with E-state index in [1.54, 1.807) is 18.2 Å². The van der Waals surface area contributed by atoms with Crippen molar-refractivity contribution in [2.45, 2.75) is 31.9 Å². The van der Waals surface area contributed by atoms with Gasteiger partial charge in [-0.05, 0) is 73.2 Å². The van der Waals surface area contributed by atoms with E-state index in [1.807, 2.05) is 12.2 Å². The van der Waals surface area contributed by atoms with Gasteiger partial charge in [-0.2, -0.15) is 18.4 Å². The second-order valence-electron chi connectivity index (χ2n) is 7.11. The summed E-state index contributed by atoms with van der Waals surface area (Å²) in [6.07, 6.45) is 9.04. The Morgan fingerprint density at radius 3 is 2.45 bits per heavy atom. The van der Waals surface area contributed by atoms with Gasteiger partial charge in [0, 0.05) is 11.1 Å². The molecule has 31 heavy (non-hydrogen) atoms. The van der Waals surface area contributed by atoms with Gasteiger partial charge in [0.05, 0.1) is 17.2 Å². The number of hydrogen-bond acceptors (Lipinski definition) is 2. The highest BCUT2D eigenvalue weighted by atomic mass is 19.4. The van der Waals surface area contributed by atoms with Gasteiger partial charge in [0.2, 0.25) is 0 Å². The molecule has 5 heteroatoms. The van der Waals surface area contributed by atoms with E-state index < -0.39 is 17.5 Å². The van der Waals surface area contributed by atoms with E-state index in [0.717, 1.165) is 36.5 Å². The molecule has 3 rings (SSSR count). The minimum absolute atomic E-state index is 0.212. The smallest absolute Gasteiger partial charge is 0.417 e. The summed E-state index contributed by atoms with van der Waals surface area (Å²) >= 11 is 0. The van der Waals surface area contributed by atoms with Gasteiger partial charge in [-0.3, -0.25) is 0 Å². The minimum Gasteiger partial charge on any atom is -0.508 e. The number of hydrogen-bond donors (Lipinski definition) is 1. The van der Waals surface area contributed by atoms with E-state index in [2.05, 4.69) is 36.1 Å². The number of phenols is 1. The molecule has 0 aromatic heterocycles. The average Bonchev–Trinajstić information content (AvgIpc) is 2.71. The van der Waals surface area contributed by atoms with Crippen molar-refractivity contribution in [1.82, 2.24) is 0 Å². The molecule has 156 valence electrons. The Morgan fingerprint density at radius 1 is 0.935 bits per heavy atom. The lowest BCUT2D eigenvalue weighted by Gasteiger charge is -2.10. The number of allylic oxidation sites excluding steroid dienone is 6. The second kappa shape index (κ2) is 9.87. The maximum atomic E-state index is 13.3. The monoisotopic (exact) mass is 419 g/mol. The summed E-state index contributed by atoms with van der Waals surface area (Å²) in [5, 5.41) is 18.7. The van der Waals surface area contributed by atoms with E-state index in [1.165, 1.54) is 6.07 Å². The van der Waals surface area contributed by atoms with Gasteiger partial charge in [0.15, 0.2) is 0 Å². The first-order chi connectivity index (χ1) is 14.9. The average molecular weight is 419 g/mol. The Bertz CT molecular complexity index is 1150. The molecule has 0 radical (unpaired) electrons. The maximum absolute atomic E-state index is 13.3. The van der Waals surface area contributed by atoms with Crippen molar-refractivity contribution in [3.8, 4) is 23.7 Å². The first-order valence-corrected chi connectivity index (χ1v) is 9.84. The number of aromatic hydroxyl groups is 1. The predicted octanol–water partition coefficient (Wildman–Crippen LogP) is 6.45. The van der Waals surface area contributed by atoms with Crippen LogP contribution in [0.1, 0.15) is 47.1 Å². The fraction of sp³-hybridized carbons (Fsp3) is 0.192. The number of nitriles is 1. The van der Waals surface area contributed by atoms with Gasteiger partial charge in [0.1, 0.15) is 5.75 Å². The van der Waals surface area contributed by atoms with Crippen LogP contribution in [0.25, 0.3) is 0 Å². The van der Waals surface area contributed by atoms with Crippen LogP contribution < -0.4 is 0 Å². The zero-order valence-corrected chi connectivity index (χ0v) is 16.7. The maximum Gasteiger partial charge on any atom is 0.417 e. The van der Waals surface area contributed by atoms with Crippen LogP contribution >= 0.6 is 0 Å². The summed E-state index contributed by atoms with van der Waals surface area (Å²) in [5.74, 6) is 4.96. The lowest BCUT2D eigenvalue weighted by Crippen LogP contribution is -2.07. The van der Waals surface area contributed by atoms with E-state index in [4.69, 9.17) is 0 Å². The lowest BCUT2D eigenvalue weighted by atomic mass is 9.96. The second-order valence-corrected chi connectivity index (χ2v) is 7.11. The quantitative estimate of drug-likeness (QED) is 0.581. The highest BCUT2D eigenvalue weighted by molar-refractivity contribution is 5.53. The van der Waals surface area contributed by atoms with Crippen LogP contribution in [0.3, 0.4) is 0 Å². The zero-order valence-electron chi connectivity index (χ0n) is 16.7. The summed E-state index contributed by atoms with van der Waals surface area (Å²) in [4.78, 5) is 0. The Balaban J connectivity index is 1.93. The molecule has 1 N–H and O–H groups in total. The van der Waals surface area contributed by atoms with Gasteiger partial charge in [-0.15, -0.1) is 0 Å². The van der Waals surface area contributed by atoms with Crippen molar-refractivity contribution in [3.05, 3.63) is 100 Å². The van der Waals surface area contributed by atoms with E-state index >= 15 is 0 Å². The van der Waals surface area contributed by atoms with Crippen LogP contribution in [0.5, 0.6) is 5.75 Å². The van der Waals surface area contributed by atoms with Gasteiger partial charge in [0.25, 0.3) is 0 Å². The van der Waals surface area contributed by atoms with Crippen molar-refractivity contribution in [2.75, 3.05) is 0 Å². The fourth-order valence-corrected chi connectivity index (χ4v) is 3.22. The molecule has 0 amide bonds. The highest BCUT2D eigenvalue weighted by Crippen LogP contribution is 2.33. The van der Waals surface area contributed by atoms with Crippen molar-refractivity contribution < 1.29 is 18.3 Å². The van der Waals surface area contributed by atoms with Crippen LogP contribution in [0.15, 0.2) is 72.4 Å². The Kier molecular flexibility index (Phi) is 7.00. The fourth-order valence-electron chi connectivity index (χ4n) is 3.22. The molecule has 1 aliphatic rings. The van der Waals surface area contributed by atoms with Crippen molar-refractivity contribution in [2.24, 2.45) is 0 Å². The highest BCUT2D eigenvalue weighted by Gasteiger charge is 2.33. The first kappa shape index (κ1) is 22.0. The van der Waals surface area contributed by atoms with Crippen LogP contribution in [0.2, 0.25) is 0 Å². The van der Waals surface area contributed by atoms with Crippen LogP contribution in [-0.4, -0.2) is 5.11 Å². The Hall–Kier alpha value is -3.70. The van der Waals surface area contributed by atoms with Gasteiger partial charge >= 0.3 is 6.18 Å². The third-order valence-electron chi connectivity index (χ3n) is 4.84. The third-order valence-corrected chi connectivity index (χ3v) is 4.84. The number of alkyl halides is 3. The number of aryl methyl sites for hydroxylation is 1. The van der Waals surface area contributed by atoms with Crippen molar-refractivity contribution >= 4 is 0 Å². The molecule has 0 fully saturated rings. The van der Waals surface area contributed by atoms with E-state index in [0.29, 0.717) is 23.6 Å². The van der Waals surface area contributed by atoms with Crippen LogP contribution in [-0.2, 0) is 12.6 Å². The minimum atomic E-state index is -4.62. The zero-order chi connectivity index (χ0) is 22.3. The molecule has 0 aliphatic heterocycles. The van der Waals surface area contributed by atoms with Crippen molar-refractivity contribution in [3.63, 3.8) is 0 Å². The molecule has 0 saturated heterocycles. The van der Waals surface area contributed by atoms with E-state index in [9.17, 15) is 23.5 Å². The van der Waals surface area contributed by atoms with Crippen molar-refractivity contribution in [1.29, 1.82) is 5.26 Å². The molecule has 0 atom stereocenters. The Labute approximate surface area is 179 Å². The Morgan fingerprint density at radius 2 is 1.68 bits per heavy atom. The van der Waals surface area contributed by atoms with Gasteiger partial charge < -0.3 is 5.11 Å². The molecule has 1 aliphatic carbocycles. The standard InChI is InChI=1S/C26H20F3NO/c27-26(28,29)25-17-24(31)15-14-22(25)13-12-21-10-9-20(18-30)16-23(21)11-8-19-6-4-2-1-3-5-7-19/h2,4-7,9-10,14-17,31H,1,3,8,11H2/b4-2-,7-5-,19-6+. The first-order valence-electron chi connectivity index (χ1n) is 9.84. The molecular formula is C26H20F3NO. The summed E-state index contributed by atoms with van der Waals surface area (Å²) in [7, 11) is 0. The lowest BCUT2D eigenvalue weighted by molar-refractivity contribution is -0.137. The topological polar surface area (TPSA) is 44.0 Å². The molecule has 2 nitrogen and oxygen atoms in total. The number of benzene rings is 2. The largest absolute Gasteiger partial charge is 0.508 e. The number of phenolic OH excluding ortho intramolecular Hbond substituents is 1. The predicted molar refractivity (Wildman–Crippen MR) is 114 cm³/mol. The summed E-state index contributed by atoms with van der Waals surface area (Å²) in [6.45, 7) is 0. The summed E-state index contributed by atoms with van der Waals surface area (Å²) < 4.78 is 39.9. The molecule has 0 bridgehead atoms. The van der Waals surface area contributed by atoms with Gasteiger partial charge in [-0.25, -0.2) is 0 Å². The van der Waals surface area contributed by atoms with E-state index in [-0.39, 0.29) is 5.56 Å². The molecule has 0 unspecified atom stereocenters. The SMILES string of the molecule is N#Cc1ccc(C#Cc2ccc(O)cc2C(F)(F)F)c(CCC2=C/C=C\CC/C=C\2)c1. The molecule has 0 heterocycles. The summed E-state index contributed by atoms with van der Waals surface area (Å²) in [5.41, 5.74) is 1.80. The van der Waals surface area contributed by atoms with Crippen LogP contribution in [0, 0.1) is 23.2 Å².